The normalized spacial score (nSPS) is 12.2. The first kappa shape index (κ1) is 26.0. The molecule has 2 amide bonds. The summed E-state index contributed by atoms with van der Waals surface area (Å²) in [4.78, 5) is 27.2. The molecule has 1 N–H and O–H groups in total. The average Bonchev–Trinajstić information content (AvgIpc) is 2.76. The van der Waals surface area contributed by atoms with Crippen molar-refractivity contribution in [2.24, 2.45) is 0 Å². The molecule has 0 radical (unpaired) electrons. The van der Waals surface area contributed by atoms with E-state index in [0.717, 1.165) is 16.1 Å². The third-order valence-electron chi connectivity index (χ3n) is 4.99. The molecule has 0 spiro atoms. The van der Waals surface area contributed by atoms with Crippen molar-refractivity contribution in [1.29, 1.82) is 0 Å². The molecule has 2 aromatic carbocycles. The van der Waals surface area contributed by atoms with Gasteiger partial charge in [-0.15, -0.1) is 0 Å². The van der Waals surface area contributed by atoms with E-state index in [2.05, 4.69) is 5.32 Å². The Labute approximate surface area is 199 Å². The third-order valence-corrected chi connectivity index (χ3v) is 6.87. The Balaban J connectivity index is 2.36. The van der Waals surface area contributed by atoms with Crippen LogP contribution in [0.1, 0.15) is 18.9 Å². The van der Waals surface area contributed by atoms with Crippen LogP contribution < -0.4 is 9.62 Å². The van der Waals surface area contributed by atoms with Gasteiger partial charge in [0.1, 0.15) is 12.6 Å². The van der Waals surface area contributed by atoms with E-state index in [1.165, 1.54) is 30.1 Å². The molecule has 174 valence electrons. The second kappa shape index (κ2) is 11.5. The highest BCUT2D eigenvalue weighted by molar-refractivity contribution is 7.92. The molecule has 0 heterocycles. The predicted molar refractivity (Wildman–Crippen MR) is 129 cm³/mol. The molecular formula is C22H27Cl2N3O4S. The van der Waals surface area contributed by atoms with Gasteiger partial charge in [-0.25, -0.2) is 8.42 Å². The second-order valence-corrected chi connectivity index (χ2v) is 9.95. The maximum Gasteiger partial charge on any atom is 0.244 e. The lowest BCUT2D eigenvalue weighted by molar-refractivity contribution is -0.139. The number of carbonyl (C=O) groups is 2. The number of hydrogen-bond donors (Lipinski definition) is 1. The summed E-state index contributed by atoms with van der Waals surface area (Å²) in [7, 11) is -2.31. The number of benzene rings is 2. The summed E-state index contributed by atoms with van der Waals surface area (Å²) in [5.74, 6) is -0.803. The van der Waals surface area contributed by atoms with Crippen LogP contribution in [-0.2, 0) is 26.0 Å². The Morgan fingerprint density at radius 3 is 2.25 bits per heavy atom. The van der Waals surface area contributed by atoms with E-state index in [-0.39, 0.29) is 28.2 Å². The number of carbonyl (C=O) groups excluding carboxylic acids is 2. The van der Waals surface area contributed by atoms with E-state index in [0.29, 0.717) is 12.8 Å². The van der Waals surface area contributed by atoms with Crippen LogP contribution in [0.2, 0.25) is 10.0 Å². The SMILES string of the molecule is CC[C@@H](C(=O)NC)N(CCc1ccccc1)C(=O)CN(c1ccc(Cl)c(Cl)c1)S(C)(=O)=O. The van der Waals surface area contributed by atoms with E-state index in [4.69, 9.17) is 23.2 Å². The van der Waals surface area contributed by atoms with Crippen LogP contribution in [0.15, 0.2) is 48.5 Å². The molecule has 0 unspecified atom stereocenters. The molecular weight excluding hydrogens is 473 g/mol. The predicted octanol–water partition coefficient (Wildman–Crippen LogP) is 3.36. The molecule has 7 nitrogen and oxygen atoms in total. The van der Waals surface area contributed by atoms with E-state index >= 15 is 0 Å². The van der Waals surface area contributed by atoms with Crippen LogP contribution in [0.25, 0.3) is 0 Å². The summed E-state index contributed by atoms with van der Waals surface area (Å²) in [5, 5.41) is 3.02. The molecule has 0 aliphatic heterocycles. The van der Waals surface area contributed by atoms with E-state index in [1.807, 2.05) is 30.3 Å². The Hall–Kier alpha value is -2.29. The molecule has 2 aromatic rings. The van der Waals surface area contributed by atoms with Crippen molar-refractivity contribution >= 4 is 50.7 Å². The largest absolute Gasteiger partial charge is 0.357 e. The second-order valence-electron chi connectivity index (χ2n) is 7.23. The van der Waals surface area contributed by atoms with Crippen molar-refractivity contribution < 1.29 is 18.0 Å². The van der Waals surface area contributed by atoms with Crippen molar-refractivity contribution in [3.63, 3.8) is 0 Å². The molecule has 0 saturated heterocycles. The summed E-state index contributed by atoms with van der Waals surface area (Å²) in [6, 6.07) is 13.2. The number of halogens is 2. The quantitative estimate of drug-likeness (QED) is 0.542. The number of amides is 2. The van der Waals surface area contributed by atoms with Crippen LogP contribution >= 0.6 is 23.2 Å². The van der Waals surface area contributed by atoms with Gasteiger partial charge in [0.05, 0.1) is 22.0 Å². The minimum Gasteiger partial charge on any atom is -0.357 e. The molecule has 32 heavy (non-hydrogen) atoms. The van der Waals surface area contributed by atoms with E-state index in [1.54, 1.807) is 6.92 Å². The Morgan fingerprint density at radius 1 is 1.06 bits per heavy atom. The van der Waals surface area contributed by atoms with Gasteiger partial charge in [-0.1, -0.05) is 60.5 Å². The van der Waals surface area contributed by atoms with Gasteiger partial charge >= 0.3 is 0 Å². The van der Waals surface area contributed by atoms with Crippen LogP contribution in [0.4, 0.5) is 5.69 Å². The van der Waals surface area contributed by atoms with Crippen LogP contribution in [0, 0.1) is 0 Å². The minimum absolute atomic E-state index is 0.169. The lowest BCUT2D eigenvalue weighted by Crippen LogP contribution is -2.52. The van der Waals surface area contributed by atoms with Crippen molar-refractivity contribution in [1.82, 2.24) is 10.2 Å². The first-order valence-corrected chi connectivity index (χ1v) is 12.7. The summed E-state index contributed by atoms with van der Waals surface area (Å²) in [5.41, 5.74) is 1.22. The average molecular weight is 500 g/mol. The van der Waals surface area contributed by atoms with Gasteiger partial charge in [-0.3, -0.25) is 13.9 Å². The van der Waals surface area contributed by atoms with Crippen LogP contribution in [0.3, 0.4) is 0 Å². The number of sulfonamides is 1. The summed E-state index contributed by atoms with van der Waals surface area (Å²) >= 11 is 12.0. The fourth-order valence-electron chi connectivity index (χ4n) is 3.32. The monoisotopic (exact) mass is 499 g/mol. The minimum atomic E-state index is -3.82. The maximum absolute atomic E-state index is 13.3. The smallest absolute Gasteiger partial charge is 0.244 e. The molecule has 0 bridgehead atoms. The molecule has 0 aliphatic rings. The van der Waals surface area contributed by atoms with Crippen molar-refractivity contribution in [3.8, 4) is 0 Å². The summed E-state index contributed by atoms with van der Waals surface area (Å²) in [6.45, 7) is 1.59. The zero-order valence-electron chi connectivity index (χ0n) is 18.2. The van der Waals surface area contributed by atoms with Crippen LogP contribution in [0.5, 0.6) is 0 Å². The molecule has 2 rings (SSSR count). The van der Waals surface area contributed by atoms with Crippen molar-refractivity contribution in [2.75, 3.05) is 30.7 Å². The van der Waals surface area contributed by atoms with Crippen molar-refractivity contribution in [3.05, 3.63) is 64.1 Å². The zero-order valence-corrected chi connectivity index (χ0v) is 20.5. The van der Waals surface area contributed by atoms with Gasteiger partial charge < -0.3 is 10.2 Å². The number of nitrogens with zero attached hydrogens (tertiary/aromatic N) is 2. The first-order valence-electron chi connectivity index (χ1n) is 10.1. The molecule has 1 atom stereocenters. The van der Waals surface area contributed by atoms with Gasteiger partial charge in [-0.2, -0.15) is 0 Å². The highest BCUT2D eigenvalue weighted by atomic mass is 35.5. The standard InChI is InChI=1S/C22H27Cl2N3O4S/c1-4-20(22(29)25-2)26(13-12-16-8-6-5-7-9-16)21(28)15-27(32(3,30)31)17-10-11-18(23)19(24)14-17/h5-11,14,20H,4,12-13,15H2,1-3H3,(H,25,29)/t20-/m0/s1. The molecule has 0 aromatic heterocycles. The topological polar surface area (TPSA) is 86.8 Å². The zero-order chi connectivity index (χ0) is 23.9. The van der Waals surface area contributed by atoms with Gasteiger partial charge in [0.15, 0.2) is 0 Å². The Bertz CT molecular complexity index is 1050. The Kier molecular flexibility index (Phi) is 9.36. The number of hydrogen-bond acceptors (Lipinski definition) is 4. The number of rotatable bonds is 10. The van der Waals surface area contributed by atoms with Gasteiger partial charge in [0.2, 0.25) is 21.8 Å². The number of anilines is 1. The van der Waals surface area contributed by atoms with Gasteiger partial charge in [-0.05, 0) is 36.6 Å². The van der Waals surface area contributed by atoms with Gasteiger partial charge in [0.25, 0.3) is 0 Å². The van der Waals surface area contributed by atoms with Crippen molar-refractivity contribution in [2.45, 2.75) is 25.8 Å². The number of nitrogens with one attached hydrogen (secondary N) is 1. The maximum atomic E-state index is 13.3. The highest BCUT2D eigenvalue weighted by Gasteiger charge is 2.31. The Morgan fingerprint density at radius 2 is 1.72 bits per heavy atom. The van der Waals surface area contributed by atoms with Gasteiger partial charge in [0, 0.05) is 13.6 Å². The fourth-order valence-corrected chi connectivity index (χ4v) is 4.45. The molecule has 0 saturated carbocycles. The van der Waals surface area contributed by atoms with E-state index < -0.39 is 28.5 Å². The van der Waals surface area contributed by atoms with E-state index in [9.17, 15) is 18.0 Å². The lowest BCUT2D eigenvalue weighted by atomic mass is 10.1. The lowest BCUT2D eigenvalue weighted by Gasteiger charge is -2.32. The fraction of sp³-hybridized carbons (Fsp3) is 0.364. The first-order chi connectivity index (χ1) is 15.1. The molecule has 0 fully saturated rings. The third kappa shape index (κ3) is 6.85. The summed E-state index contributed by atoms with van der Waals surface area (Å²) in [6.07, 6.45) is 1.91. The summed E-state index contributed by atoms with van der Waals surface area (Å²) < 4.78 is 26.0. The van der Waals surface area contributed by atoms with Crippen LogP contribution in [-0.4, -0.2) is 57.6 Å². The molecule has 0 aliphatic carbocycles. The highest BCUT2D eigenvalue weighted by Crippen LogP contribution is 2.28. The number of likely N-dealkylation sites (N-methyl/N-ethyl adjacent to an activating group) is 1. The molecule has 10 heteroatoms.